The van der Waals surface area contributed by atoms with E-state index in [1.54, 1.807) is 12.4 Å². The van der Waals surface area contributed by atoms with E-state index in [1.807, 2.05) is 12.1 Å². The van der Waals surface area contributed by atoms with Crippen LogP contribution in [0.15, 0.2) is 29.0 Å². The molecule has 2 fully saturated rings. The number of piperidine rings is 1. The minimum absolute atomic E-state index is 0.0382. The maximum absolute atomic E-state index is 12.2. The van der Waals surface area contributed by atoms with Gasteiger partial charge in [-0.1, -0.05) is 11.2 Å². The molecule has 0 unspecified atom stereocenters. The summed E-state index contributed by atoms with van der Waals surface area (Å²) in [6.07, 6.45) is 7.92. The zero-order chi connectivity index (χ0) is 17.1. The summed E-state index contributed by atoms with van der Waals surface area (Å²) in [4.78, 5) is 23.0. The summed E-state index contributed by atoms with van der Waals surface area (Å²) in [6.45, 7) is 2.66. The monoisotopic (exact) mass is 341 g/mol. The second kappa shape index (κ2) is 7.31. The van der Waals surface area contributed by atoms with E-state index in [9.17, 15) is 4.79 Å². The quantitative estimate of drug-likeness (QED) is 0.863. The lowest BCUT2D eigenvalue weighted by atomic mass is 9.97. The Balaban J connectivity index is 1.27. The van der Waals surface area contributed by atoms with Gasteiger partial charge in [0.2, 0.25) is 11.8 Å². The topological polar surface area (TPSA) is 84.2 Å². The Morgan fingerprint density at radius 3 is 3.04 bits per heavy atom. The number of aromatic nitrogens is 3. The number of pyridine rings is 1. The molecule has 1 saturated heterocycles. The van der Waals surface area contributed by atoms with Crippen LogP contribution in [-0.2, 0) is 11.3 Å². The summed E-state index contributed by atoms with van der Waals surface area (Å²) >= 11 is 0. The molecule has 1 aliphatic carbocycles. The van der Waals surface area contributed by atoms with Gasteiger partial charge in [-0.05, 0) is 43.9 Å². The van der Waals surface area contributed by atoms with Gasteiger partial charge in [0, 0.05) is 37.3 Å². The van der Waals surface area contributed by atoms with Gasteiger partial charge < -0.3 is 9.84 Å². The van der Waals surface area contributed by atoms with Crippen molar-refractivity contribution in [1.29, 1.82) is 0 Å². The molecule has 0 spiro atoms. The molecule has 25 heavy (non-hydrogen) atoms. The van der Waals surface area contributed by atoms with E-state index in [-0.39, 0.29) is 11.8 Å². The molecule has 2 aromatic heterocycles. The molecule has 0 radical (unpaired) electrons. The smallest absolute Gasteiger partial charge is 0.234 e. The van der Waals surface area contributed by atoms with Crippen LogP contribution in [0.1, 0.15) is 54.8 Å². The minimum atomic E-state index is 0.0382. The largest absolute Gasteiger partial charge is 0.351 e. The number of likely N-dealkylation sites (tertiary alicyclic amines) is 1. The highest BCUT2D eigenvalue weighted by Gasteiger charge is 2.32. The van der Waals surface area contributed by atoms with E-state index < -0.39 is 0 Å². The Labute approximate surface area is 146 Å². The van der Waals surface area contributed by atoms with Crippen molar-refractivity contribution in [2.24, 2.45) is 0 Å². The first-order valence-electron chi connectivity index (χ1n) is 8.99. The molecule has 1 atom stereocenters. The fourth-order valence-corrected chi connectivity index (χ4v) is 3.28. The molecule has 0 bridgehead atoms. The van der Waals surface area contributed by atoms with Crippen molar-refractivity contribution in [1.82, 2.24) is 25.3 Å². The Kier molecular flexibility index (Phi) is 4.74. The Hall–Kier alpha value is -2.28. The van der Waals surface area contributed by atoms with Crippen LogP contribution in [0.4, 0.5) is 0 Å². The first-order valence-corrected chi connectivity index (χ1v) is 8.99. The normalized spacial score (nSPS) is 21.2. The average Bonchev–Trinajstić information content (AvgIpc) is 3.38. The van der Waals surface area contributed by atoms with Crippen LogP contribution in [0.25, 0.3) is 0 Å². The molecule has 4 rings (SSSR count). The van der Waals surface area contributed by atoms with Crippen LogP contribution in [0.3, 0.4) is 0 Å². The van der Waals surface area contributed by atoms with Crippen molar-refractivity contribution in [2.75, 3.05) is 19.6 Å². The molecule has 1 amide bonds. The number of rotatable bonds is 6. The van der Waals surface area contributed by atoms with E-state index >= 15 is 0 Å². The highest BCUT2D eigenvalue weighted by Crippen LogP contribution is 2.39. The third-order valence-electron chi connectivity index (χ3n) is 4.83. The molecule has 1 aliphatic heterocycles. The van der Waals surface area contributed by atoms with E-state index in [4.69, 9.17) is 4.52 Å². The lowest BCUT2D eigenvalue weighted by Crippen LogP contribution is -2.42. The number of amides is 1. The maximum Gasteiger partial charge on any atom is 0.234 e. The predicted octanol–water partition coefficient (Wildman–Crippen LogP) is 1.84. The number of hydrogen-bond acceptors (Lipinski definition) is 6. The van der Waals surface area contributed by atoms with Crippen LogP contribution in [0, 0.1) is 0 Å². The summed E-state index contributed by atoms with van der Waals surface area (Å²) in [7, 11) is 0. The van der Waals surface area contributed by atoms with Crippen molar-refractivity contribution in [3.8, 4) is 0 Å². The molecular weight excluding hydrogens is 318 g/mol. The number of nitrogens with one attached hydrogen (secondary N) is 1. The summed E-state index contributed by atoms with van der Waals surface area (Å²) < 4.78 is 5.38. The highest BCUT2D eigenvalue weighted by atomic mass is 16.5. The van der Waals surface area contributed by atoms with E-state index in [0.717, 1.165) is 56.1 Å². The lowest BCUT2D eigenvalue weighted by Gasteiger charge is -2.30. The number of carbonyl (C=O) groups excluding carboxylic acids is 1. The zero-order valence-corrected chi connectivity index (χ0v) is 14.2. The van der Waals surface area contributed by atoms with Crippen LogP contribution in [-0.4, -0.2) is 45.6 Å². The Morgan fingerprint density at radius 2 is 2.24 bits per heavy atom. The second-order valence-electron chi connectivity index (χ2n) is 6.98. The number of hydrogen-bond donors (Lipinski definition) is 1. The van der Waals surface area contributed by atoms with Crippen molar-refractivity contribution < 1.29 is 9.32 Å². The van der Waals surface area contributed by atoms with Gasteiger partial charge in [0.15, 0.2) is 5.82 Å². The van der Waals surface area contributed by atoms with Crippen molar-refractivity contribution in [3.05, 3.63) is 41.8 Å². The summed E-state index contributed by atoms with van der Waals surface area (Å²) in [5.74, 6) is 2.38. The molecule has 132 valence electrons. The molecule has 1 N–H and O–H groups in total. The Bertz CT molecular complexity index is 713. The highest BCUT2D eigenvalue weighted by molar-refractivity contribution is 5.78. The van der Waals surface area contributed by atoms with Crippen LogP contribution in [0.2, 0.25) is 0 Å². The first kappa shape index (κ1) is 16.2. The zero-order valence-electron chi connectivity index (χ0n) is 14.2. The van der Waals surface area contributed by atoms with Gasteiger partial charge in [-0.3, -0.25) is 14.7 Å². The second-order valence-corrected chi connectivity index (χ2v) is 6.98. The third-order valence-corrected chi connectivity index (χ3v) is 4.83. The van der Waals surface area contributed by atoms with Gasteiger partial charge in [-0.25, -0.2) is 0 Å². The molecule has 7 heteroatoms. The third kappa shape index (κ3) is 4.22. The summed E-state index contributed by atoms with van der Waals surface area (Å²) in [5.41, 5.74) is 1.01. The molecule has 1 saturated carbocycles. The van der Waals surface area contributed by atoms with Crippen molar-refractivity contribution in [2.45, 2.75) is 44.1 Å². The molecule has 3 heterocycles. The van der Waals surface area contributed by atoms with Crippen molar-refractivity contribution >= 4 is 5.91 Å². The predicted molar refractivity (Wildman–Crippen MR) is 90.8 cm³/mol. The number of nitrogens with zero attached hydrogens (tertiary/aromatic N) is 4. The first-order chi connectivity index (χ1) is 12.3. The summed E-state index contributed by atoms with van der Waals surface area (Å²) in [5, 5.41) is 7.13. The molecule has 2 aromatic rings. The van der Waals surface area contributed by atoms with Gasteiger partial charge in [-0.15, -0.1) is 0 Å². The van der Waals surface area contributed by atoms with Gasteiger partial charge in [-0.2, -0.15) is 4.98 Å². The van der Waals surface area contributed by atoms with Gasteiger partial charge in [0.1, 0.15) is 0 Å². The van der Waals surface area contributed by atoms with Gasteiger partial charge in [0.25, 0.3) is 0 Å². The average molecular weight is 341 g/mol. The van der Waals surface area contributed by atoms with Crippen LogP contribution in [0.5, 0.6) is 0 Å². The fraction of sp³-hybridized carbons (Fsp3) is 0.556. The Morgan fingerprint density at radius 1 is 1.32 bits per heavy atom. The SMILES string of the molecule is O=C(CN1CCC[C@@H](c2noc(C3CC3)n2)C1)NCc1cccnc1. The van der Waals surface area contributed by atoms with Gasteiger partial charge in [0.05, 0.1) is 6.54 Å². The maximum atomic E-state index is 12.2. The molecular formula is C18H23N5O2. The van der Waals surface area contributed by atoms with E-state index in [2.05, 4.69) is 25.3 Å². The van der Waals surface area contributed by atoms with E-state index in [1.165, 1.54) is 0 Å². The van der Waals surface area contributed by atoms with Crippen molar-refractivity contribution in [3.63, 3.8) is 0 Å². The molecule has 7 nitrogen and oxygen atoms in total. The van der Waals surface area contributed by atoms with Gasteiger partial charge >= 0.3 is 0 Å². The lowest BCUT2D eigenvalue weighted by molar-refractivity contribution is -0.122. The standard InChI is InChI=1S/C18H23N5O2/c24-16(20-10-13-3-1-7-19-9-13)12-23-8-2-4-15(11-23)17-21-18(25-22-17)14-5-6-14/h1,3,7,9,14-15H,2,4-6,8,10-12H2,(H,20,24)/t15-/m1/s1. The van der Waals surface area contributed by atoms with Crippen LogP contribution >= 0.6 is 0 Å². The molecule has 0 aromatic carbocycles. The molecule has 2 aliphatic rings. The number of carbonyl (C=O) groups is 1. The van der Waals surface area contributed by atoms with Crippen LogP contribution < -0.4 is 5.32 Å². The minimum Gasteiger partial charge on any atom is -0.351 e. The van der Waals surface area contributed by atoms with E-state index in [0.29, 0.717) is 19.0 Å². The fourth-order valence-electron chi connectivity index (χ4n) is 3.28. The summed E-state index contributed by atoms with van der Waals surface area (Å²) in [6, 6.07) is 3.83.